The van der Waals surface area contributed by atoms with Gasteiger partial charge in [0, 0.05) is 11.6 Å². The minimum Gasteiger partial charge on any atom is -0.384 e. The molecule has 0 radical (unpaired) electrons. The van der Waals surface area contributed by atoms with E-state index in [4.69, 9.17) is 5.11 Å². The zero-order chi connectivity index (χ0) is 15.2. The lowest BCUT2D eigenvalue weighted by Gasteiger charge is -2.08. The topological polar surface area (TPSA) is 49.3 Å². The molecule has 0 fully saturated rings. The van der Waals surface area contributed by atoms with Crippen molar-refractivity contribution in [2.75, 3.05) is 11.9 Å². The molecule has 1 amide bonds. The van der Waals surface area contributed by atoms with Gasteiger partial charge >= 0.3 is 0 Å². The van der Waals surface area contributed by atoms with E-state index in [9.17, 15) is 13.6 Å². The number of carbonyl (C=O) groups excluding carboxylic acids is 1. The molecule has 0 aromatic heterocycles. The molecular formula is C16H11F2NO2. The van der Waals surface area contributed by atoms with E-state index >= 15 is 0 Å². The molecule has 2 aromatic rings. The summed E-state index contributed by atoms with van der Waals surface area (Å²) in [6.45, 7) is -0.331. The normalized spacial score (nSPS) is 9.67. The van der Waals surface area contributed by atoms with Crippen LogP contribution in [0.4, 0.5) is 14.5 Å². The Balaban J connectivity index is 2.28. The summed E-state index contributed by atoms with van der Waals surface area (Å²) in [7, 11) is 0. The Morgan fingerprint density at radius 3 is 2.67 bits per heavy atom. The highest BCUT2D eigenvalue weighted by Crippen LogP contribution is 2.17. The van der Waals surface area contributed by atoms with Gasteiger partial charge in [-0.3, -0.25) is 4.79 Å². The minimum atomic E-state index is -0.859. The van der Waals surface area contributed by atoms with Gasteiger partial charge < -0.3 is 10.4 Å². The van der Waals surface area contributed by atoms with Crippen LogP contribution in [-0.4, -0.2) is 17.6 Å². The van der Waals surface area contributed by atoms with Crippen LogP contribution in [0, 0.1) is 23.5 Å². The molecule has 0 aliphatic heterocycles. The maximum atomic E-state index is 13.5. The van der Waals surface area contributed by atoms with Gasteiger partial charge in [-0.15, -0.1) is 0 Å². The summed E-state index contributed by atoms with van der Waals surface area (Å²) in [5.74, 6) is 2.94. The molecule has 2 N–H and O–H groups in total. The number of anilines is 1. The van der Waals surface area contributed by atoms with E-state index in [1.54, 1.807) is 18.2 Å². The minimum absolute atomic E-state index is 0.119. The molecule has 0 spiro atoms. The molecule has 0 heterocycles. The van der Waals surface area contributed by atoms with Gasteiger partial charge in [-0.05, 0) is 24.3 Å². The molecule has 2 rings (SSSR count). The van der Waals surface area contributed by atoms with Crippen molar-refractivity contribution >= 4 is 11.6 Å². The van der Waals surface area contributed by atoms with E-state index in [1.807, 2.05) is 0 Å². The lowest BCUT2D eigenvalue weighted by atomic mass is 10.1. The first kappa shape index (κ1) is 14.7. The fourth-order valence-corrected chi connectivity index (χ4v) is 1.71. The van der Waals surface area contributed by atoms with Gasteiger partial charge in [0.15, 0.2) is 0 Å². The first-order valence-corrected chi connectivity index (χ1v) is 6.07. The lowest BCUT2D eigenvalue weighted by Crippen LogP contribution is -2.14. The molecule has 0 unspecified atom stereocenters. The molecule has 5 heteroatoms. The van der Waals surface area contributed by atoms with Crippen LogP contribution in [-0.2, 0) is 0 Å². The highest BCUT2D eigenvalue weighted by atomic mass is 19.1. The van der Waals surface area contributed by atoms with Gasteiger partial charge in [0.2, 0.25) is 0 Å². The quantitative estimate of drug-likeness (QED) is 0.834. The average molecular weight is 287 g/mol. The maximum Gasteiger partial charge on any atom is 0.257 e. The third kappa shape index (κ3) is 3.65. The zero-order valence-electron chi connectivity index (χ0n) is 10.9. The summed E-state index contributed by atoms with van der Waals surface area (Å²) < 4.78 is 26.3. The highest BCUT2D eigenvalue weighted by molar-refractivity contribution is 6.06. The van der Waals surface area contributed by atoms with E-state index in [0.29, 0.717) is 11.6 Å². The summed E-state index contributed by atoms with van der Waals surface area (Å²) >= 11 is 0. The van der Waals surface area contributed by atoms with E-state index < -0.39 is 17.5 Å². The van der Waals surface area contributed by atoms with Crippen molar-refractivity contribution in [1.82, 2.24) is 0 Å². The number of amides is 1. The Morgan fingerprint density at radius 1 is 1.19 bits per heavy atom. The largest absolute Gasteiger partial charge is 0.384 e. The standard InChI is InChI=1S/C16H11F2NO2/c17-12-7-8-15(14(18)10-12)19-16(21)13-6-2-1-4-11(13)5-3-9-20/h1-2,4,6-8,10,20H,9H2,(H,19,21). The predicted molar refractivity (Wildman–Crippen MR) is 74.7 cm³/mol. The first-order valence-electron chi connectivity index (χ1n) is 6.07. The van der Waals surface area contributed by atoms with Crippen LogP contribution in [0.2, 0.25) is 0 Å². The molecule has 0 bridgehead atoms. The summed E-state index contributed by atoms with van der Waals surface area (Å²) in [6.07, 6.45) is 0. The molecule has 106 valence electrons. The number of carbonyl (C=O) groups is 1. The van der Waals surface area contributed by atoms with Crippen molar-refractivity contribution in [1.29, 1.82) is 0 Å². The predicted octanol–water partition coefficient (Wildman–Crippen LogP) is 2.56. The summed E-state index contributed by atoms with van der Waals surface area (Å²) in [6, 6.07) is 9.35. The van der Waals surface area contributed by atoms with Gasteiger partial charge in [-0.1, -0.05) is 24.0 Å². The smallest absolute Gasteiger partial charge is 0.257 e. The number of halogens is 2. The number of hydrogen-bond acceptors (Lipinski definition) is 2. The molecule has 0 atom stereocenters. The second-order valence-electron chi connectivity index (χ2n) is 4.08. The summed E-state index contributed by atoms with van der Waals surface area (Å²) in [5.41, 5.74) is 0.528. The molecule has 2 aromatic carbocycles. The van der Waals surface area contributed by atoms with Crippen molar-refractivity contribution in [3.05, 3.63) is 65.2 Å². The lowest BCUT2D eigenvalue weighted by molar-refractivity contribution is 0.102. The Bertz CT molecular complexity index is 733. The van der Waals surface area contributed by atoms with Crippen molar-refractivity contribution < 1.29 is 18.7 Å². The molecule has 3 nitrogen and oxygen atoms in total. The molecule has 21 heavy (non-hydrogen) atoms. The van der Waals surface area contributed by atoms with Crippen LogP contribution < -0.4 is 5.32 Å². The van der Waals surface area contributed by atoms with E-state index in [-0.39, 0.29) is 17.9 Å². The molecule has 0 saturated heterocycles. The van der Waals surface area contributed by atoms with Crippen LogP contribution in [0.15, 0.2) is 42.5 Å². The van der Waals surface area contributed by atoms with Gasteiger partial charge in [0.25, 0.3) is 5.91 Å². The van der Waals surface area contributed by atoms with Crippen molar-refractivity contribution in [2.45, 2.75) is 0 Å². The van der Waals surface area contributed by atoms with Crippen LogP contribution in [0.25, 0.3) is 0 Å². The Hall–Kier alpha value is -2.71. The fourth-order valence-electron chi connectivity index (χ4n) is 1.71. The molecule has 0 saturated carbocycles. The van der Waals surface area contributed by atoms with E-state index in [0.717, 1.165) is 12.1 Å². The van der Waals surface area contributed by atoms with Crippen LogP contribution in [0.5, 0.6) is 0 Å². The Labute approximate surface area is 120 Å². The molecule has 0 aliphatic rings. The molecular weight excluding hydrogens is 276 g/mol. The van der Waals surface area contributed by atoms with Gasteiger partial charge in [0.05, 0.1) is 11.3 Å². The Kier molecular flexibility index (Phi) is 4.64. The highest BCUT2D eigenvalue weighted by Gasteiger charge is 2.12. The zero-order valence-corrected chi connectivity index (χ0v) is 10.9. The van der Waals surface area contributed by atoms with Crippen LogP contribution in [0.1, 0.15) is 15.9 Å². The first-order chi connectivity index (χ1) is 10.1. The molecule has 0 aliphatic carbocycles. The van der Waals surface area contributed by atoms with Crippen molar-refractivity contribution in [3.8, 4) is 11.8 Å². The van der Waals surface area contributed by atoms with Gasteiger partial charge in [-0.25, -0.2) is 8.78 Å². The van der Waals surface area contributed by atoms with Gasteiger partial charge in [-0.2, -0.15) is 0 Å². The van der Waals surface area contributed by atoms with Crippen LogP contribution in [0.3, 0.4) is 0 Å². The van der Waals surface area contributed by atoms with Crippen molar-refractivity contribution in [2.24, 2.45) is 0 Å². The fraction of sp³-hybridized carbons (Fsp3) is 0.0625. The van der Waals surface area contributed by atoms with Gasteiger partial charge in [0.1, 0.15) is 18.2 Å². The summed E-state index contributed by atoms with van der Waals surface area (Å²) in [5, 5.41) is 11.1. The maximum absolute atomic E-state index is 13.5. The third-order valence-electron chi connectivity index (χ3n) is 2.65. The second kappa shape index (κ2) is 6.64. The third-order valence-corrected chi connectivity index (χ3v) is 2.65. The number of nitrogens with one attached hydrogen (secondary N) is 1. The van der Waals surface area contributed by atoms with E-state index in [1.165, 1.54) is 6.07 Å². The summed E-state index contributed by atoms with van der Waals surface area (Å²) in [4.78, 5) is 12.1. The number of hydrogen-bond donors (Lipinski definition) is 2. The Morgan fingerprint density at radius 2 is 1.95 bits per heavy atom. The number of rotatable bonds is 2. The monoisotopic (exact) mass is 287 g/mol. The number of aliphatic hydroxyl groups excluding tert-OH is 1. The number of benzene rings is 2. The van der Waals surface area contributed by atoms with E-state index in [2.05, 4.69) is 17.2 Å². The second-order valence-corrected chi connectivity index (χ2v) is 4.08. The van der Waals surface area contributed by atoms with Crippen molar-refractivity contribution in [3.63, 3.8) is 0 Å². The average Bonchev–Trinajstić information content (AvgIpc) is 2.48. The SMILES string of the molecule is O=C(Nc1ccc(F)cc1F)c1ccccc1C#CCO. The van der Waals surface area contributed by atoms with Crippen LogP contribution >= 0.6 is 0 Å². The number of aliphatic hydroxyl groups is 1.